The Balaban J connectivity index is 1.41. The zero-order valence-corrected chi connectivity index (χ0v) is 24.2. The minimum atomic E-state index is -0.335. The zero-order valence-electron chi connectivity index (χ0n) is 24.2. The van der Waals surface area contributed by atoms with Gasteiger partial charge >= 0.3 is 0 Å². The van der Waals surface area contributed by atoms with E-state index in [1.165, 1.54) is 27.6 Å². The Morgan fingerprint density at radius 1 is 0.568 bits per heavy atom. The second-order valence-corrected chi connectivity index (χ2v) is 11.8. The van der Waals surface area contributed by atoms with E-state index in [1.54, 1.807) is 6.33 Å². The molecular formula is C38H26N6. The van der Waals surface area contributed by atoms with Gasteiger partial charge in [0.1, 0.15) is 6.33 Å². The molecule has 0 atom stereocenters. The lowest BCUT2D eigenvalue weighted by Gasteiger charge is -2.24. The molecule has 5 aromatic carbocycles. The number of nitrogens with zero attached hydrogens (tertiary/aromatic N) is 6. The van der Waals surface area contributed by atoms with Gasteiger partial charge in [-0.1, -0.05) is 111 Å². The molecule has 0 N–H and O–H groups in total. The third kappa shape index (κ3) is 3.45. The van der Waals surface area contributed by atoms with E-state index in [0.29, 0.717) is 17.6 Å². The van der Waals surface area contributed by atoms with Gasteiger partial charge in [0.2, 0.25) is 5.95 Å². The van der Waals surface area contributed by atoms with Gasteiger partial charge < -0.3 is 0 Å². The van der Waals surface area contributed by atoms with Gasteiger partial charge in [0.25, 0.3) is 0 Å². The molecule has 9 rings (SSSR count). The molecule has 1 aliphatic rings. The van der Waals surface area contributed by atoms with Crippen LogP contribution >= 0.6 is 0 Å². The van der Waals surface area contributed by atoms with Crippen molar-refractivity contribution in [2.75, 3.05) is 0 Å². The van der Waals surface area contributed by atoms with E-state index < -0.39 is 0 Å². The van der Waals surface area contributed by atoms with Crippen molar-refractivity contribution in [1.82, 2.24) is 29.5 Å². The van der Waals surface area contributed by atoms with Crippen molar-refractivity contribution in [3.8, 4) is 39.9 Å². The summed E-state index contributed by atoms with van der Waals surface area (Å²) in [4.78, 5) is 24.3. The number of fused-ring (bicyclic) bond motifs is 9. The summed E-state index contributed by atoms with van der Waals surface area (Å²) >= 11 is 0. The van der Waals surface area contributed by atoms with Crippen molar-refractivity contribution < 1.29 is 0 Å². The van der Waals surface area contributed by atoms with Gasteiger partial charge in [0.05, 0.1) is 16.6 Å². The maximum Gasteiger partial charge on any atom is 0.238 e. The molecule has 6 nitrogen and oxygen atoms in total. The first-order chi connectivity index (χ1) is 21.6. The highest BCUT2D eigenvalue weighted by molar-refractivity contribution is 6.13. The molecule has 0 saturated heterocycles. The molecule has 1 aliphatic carbocycles. The van der Waals surface area contributed by atoms with Gasteiger partial charge in [-0.2, -0.15) is 9.97 Å². The van der Waals surface area contributed by atoms with Gasteiger partial charge in [-0.15, -0.1) is 0 Å². The largest absolute Gasteiger partial charge is 0.277 e. The molecule has 0 spiro atoms. The fourth-order valence-corrected chi connectivity index (χ4v) is 7.10. The van der Waals surface area contributed by atoms with Gasteiger partial charge in [-0.25, -0.2) is 15.0 Å². The van der Waals surface area contributed by atoms with Crippen molar-refractivity contribution >= 4 is 32.7 Å². The Morgan fingerprint density at radius 3 is 1.93 bits per heavy atom. The second-order valence-electron chi connectivity index (χ2n) is 11.8. The summed E-state index contributed by atoms with van der Waals surface area (Å²) in [5.74, 6) is 1.87. The summed E-state index contributed by atoms with van der Waals surface area (Å²) in [5, 5.41) is 3.41. The molecule has 0 unspecified atom stereocenters. The highest BCUT2D eigenvalue weighted by atomic mass is 15.2. The van der Waals surface area contributed by atoms with E-state index in [2.05, 4.69) is 76.9 Å². The molecule has 208 valence electrons. The number of aromatic nitrogens is 6. The van der Waals surface area contributed by atoms with Crippen molar-refractivity contribution in [3.63, 3.8) is 0 Å². The summed E-state index contributed by atoms with van der Waals surface area (Å²) < 4.78 is 2.25. The summed E-state index contributed by atoms with van der Waals surface area (Å²) in [6.45, 7) is 4.62. The minimum Gasteiger partial charge on any atom is -0.277 e. The molecule has 0 fully saturated rings. The summed E-state index contributed by atoms with van der Waals surface area (Å²) in [6.07, 6.45) is 3.57. The van der Waals surface area contributed by atoms with E-state index in [1.807, 2.05) is 66.9 Å². The SMILES string of the molecule is CC1(C)c2c(ccc3ncncc23)-c2ccc3c4ccccc4n(-c4nc(-c5ccccc5)nc(-c5ccccc5)n4)c3c21. The highest BCUT2D eigenvalue weighted by Crippen LogP contribution is 2.54. The number of hydrogen-bond donors (Lipinski definition) is 0. The normalized spacial score (nSPS) is 13.4. The number of rotatable bonds is 3. The van der Waals surface area contributed by atoms with Crippen LogP contribution in [0.5, 0.6) is 0 Å². The van der Waals surface area contributed by atoms with Gasteiger partial charge in [-0.05, 0) is 34.4 Å². The maximum atomic E-state index is 5.16. The van der Waals surface area contributed by atoms with Crippen molar-refractivity contribution in [2.45, 2.75) is 19.3 Å². The predicted octanol–water partition coefficient (Wildman–Crippen LogP) is 8.55. The van der Waals surface area contributed by atoms with Crippen LogP contribution in [0.2, 0.25) is 0 Å². The quantitative estimate of drug-likeness (QED) is 0.214. The van der Waals surface area contributed by atoms with E-state index >= 15 is 0 Å². The fourth-order valence-electron chi connectivity index (χ4n) is 7.10. The Kier molecular flexibility index (Phi) is 5.14. The summed E-state index contributed by atoms with van der Waals surface area (Å²) in [5.41, 5.74) is 9.61. The zero-order chi connectivity index (χ0) is 29.4. The molecule has 3 heterocycles. The number of para-hydroxylation sites is 1. The van der Waals surface area contributed by atoms with Crippen LogP contribution in [-0.2, 0) is 5.41 Å². The molecule has 0 radical (unpaired) electrons. The number of hydrogen-bond acceptors (Lipinski definition) is 5. The number of benzene rings is 5. The van der Waals surface area contributed by atoms with E-state index in [0.717, 1.165) is 38.4 Å². The van der Waals surface area contributed by atoms with Crippen LogP contribution in [-0.4, -0.2) is 29.5 Å². The average Bonchev–Trinajstić information content (AvgIpc) is 3.54. The van der Waals surface area contributed by atoms with Crippen LogP contribution in [0.3, 0.4) is 0 Å². The van der Waals surface area contributed by atoms with Crippen LogP contribution in [0.25, 0.3) is 72.6 Å². The Morgan fingerprint density at radius 2 is 1.20 bits per heavy atom. The van der Waals surface area contributed by atoms with Crippen LogP contribution in [0, 0.1) is 0 Å². The molecule has 3 aromatic heterocycles. The Labute approximate surface area is 253 Å². The minimum absolute atomic E-state index is 0.335. The third-order valence-corrected chi connectivity index (χ3v) is 8.95. The molecule has 0 amide bonds. The summed E-state index contributed by atoms with van der Waals surface area (Å²) in [6, 6.07) is 37.6. The van der Waals surface area contributed by atoms with Crippen LogP contribution in [0.1, 0.15) is 25.0 Å². The topological polar surface area (TPSA) is 69.4 Å². The van der Waals surface area contributed by atoms with Crippen molar-refractivity contribution in [1.29, 1.82) is 0 Å². The van der Waals surface area contributed by atoms with Gasteiger partial charge in [-0.3, -0.25) is 4.57 Å². The first-order valence-corrected chi connectivity index (χ1v) is 14.8. The van der Waals surface area contributed by atoms with Crippen LogP contribution in [0.15, 0.2) is 122 Å². The van der Waals surface area contributed by atoms with E-state index in [-0.39, 0.29) is 5.41 Å². The van der Waals surface area contributed by atoms with Crippen molar-refractivity contribution in [3.05, 3.63) is 133 Å². The van der Waals surface area contributed by atoms with E-state index in [4.69, 9.17) is 15.0 Å². The smallest absolute Gasteiger partial charge is 0.238 e. The molecular weight excluding hydrogens is 540 g/mol. The van der Waals surface area contributed by atoms with E-state index in [9.17, 15) is 0 Å². The lowest BCUT2D eigenvalue weighted by atomic mass is 9.80. The van der Waals surface area contributed by atoms with Gasteiger partial charge in [0.15, 0.2) is 11.6 Å². The Hall–Kier alpha value is -5.75. The monoisotopic (exact) mass is 566 g/mol. The maximum absolute atomic E-state index is 5.16. The van der Waals surface area contributed by atoms with Crippen LogP contribution in [0.4, 0.5) is 0 Å². The standard InChI is InChI=1S/C38H26N6/c1-38(2)32-26(19-20-30-29(32)21-39-22-40-30)27-17-18-28-25-15-9-10-16-31(25)44(34(28)33(27)38)37-42-35(23-11-5-3-6-12-23)41-36(43-37)24-13-7-4-8-14-24/h3-22H,1-2H3. The summed E-state index contributed by atoms with van der Waals surface area (Å²) in [7, 11) is 0. The molecule has 0 saturated carbocycles. The predicted molar refractivity (Wildman–Crippen MR) is 176 cm³/mol. The first kappa shape index (κ1) is 24.8. The highest BCUT2D eigenvalue weighted by Gasteiger charge is 2.40. The van der Waals surface area contributed by atoms with Crippen molar-refractivity contribution in [2.24, 2.45) is 0 Å². The van der Waals surface area contributed by atoms with Gasteiger partial charge in [0, 0.05) is 38.9 Å². The first-order valence-electron chi connectivity index (χ1n) is 14.8. The second kappa shape index (κ2) is 9.12. The fraction of sp³-hybridized carbons (Fsp3) is 0.0789. The third-order valence-electron chi connectivity index (χ3n) is 8.95. The molecule has 0 aliphatic heterocycles. The molecule has 8 aromatic rings. The Bertz CT molecular complexity index is 2350. The van der Waals surface area contributed by atoms with Crippen LogP contribution < -0.4 is 0 Å². The molecule has 44 heavy (non-hydrogen) atoms. The molecule has 0 bridgehead atoms. The molecule has 6 heteroatoms. The average molecular weight is 567 g/mol. The lowest BCUT2D eigenvalue weighted by Crippen LogP contribution is -2.18. The lowest BCUT2D eigenvalue weighted by molar-refractivity contribution is 0.669.